The molecule has 1 aromatic rings. The topological polar surface area (TPSA) is 98.8 Å². The minimum Gasteiger partial charge on any atom is -0.459 e. The zero-order chi connectivity index (χ0) is 34.2. The lowest BCUT2D eigenvalue weighted by Crippen LogP contribution is -2.69. The highest BCUT2D eigenvalue weighted by molar-refractivity contribution is 5.87. The molecule has 0 unspecified atom stereocenters. The molecule has 5 aliphatic carbocycles. The second kappa shape index (κ2) is 11.7. The van der Waals surface area contributed by atoms with Gasteiger partial charge in [-0.3, -0.25) is 19.2 Å². The summed E-state index contributed by atoms with van der Waals surface area (Å²) < 4.78 is 12.0. The summed E-state index contributed by atoms with van der Waals surface area (Å²) in [7, 11) is 0. The van der Waals surface area contributed by atoms with Gasteiger partial charge in [-0.25, -0.2) is 0 Å². The van der Waals surface area contributed by atoms with Gasteiger partial charge in [-0.2, -0.15) is 0 Å². The molecule has 0 bridgehead atoms. The van der Waals surface area contributed by atoms with Gasteiger partial charge in [0.2, 0.25) is 5.91 Å². The number of amides is 1. The number of ether oxygens (including phenoxy) is 2. The first kappa shape index (κ1) is 34.2. The van der Waals surface area contributed by atoms with Gasteiger partial charge < -0.3 is 14.8 Å². The zero-order valence-corrected chi connectivity index (χ0v) is 29.9. The van der Waals surface area contributed by atoms with Crippen LogP contribution in [0.15, 0.2) is 30.3 Å². The Bertz CT molecular complexity index is 1420. The predicted molar refractivity (Wildman–Crippen MR) is 180 cm³/mol. The minimum atomic E-state index is -0.510. The van der Waals surface area contributed by atoms with Gasteiger partial charge in [0.25, 0.3) is 0 Å². The molecule has 0 spiro atoms. The third kappa shape index (κ3) is 5.10. The van der Waals surface area contributed by atoms with E-state index in [0.717, 1.165) is 56.9 Å². The Morgan fingerprint density at radius 2 is 1.45 bits per heavy atom. The van der Waals surface area contributed by atoms with E-state index in [-0.39, 0.29) is 63.0 Å². The lowest BCUT2D eigenvalue weighted by Gasteiger charge is -2.73. The monoisotopic (exact) mass is 647 g/mol. The van der Waals surface area contributed by atoms with Crippen LogP contribution in [0.4, 0.5) is 0 Å². The molecular formula is C40H57NO6. The zero-order valence-electron chi connectivity index (χ0n) is 29.9. The lowest BCUT2D eigenvalue weighted by atomic mass is 9.32. The fourth-order valence-corrected chi connectivity index (χ4v) is 13.2. The number of ketones is 1. The molecule has 1 aromatic carbocycles. The Hall–Kier alpha value is -2.70. The number of carbonyl (C=O) groups excluding carboxylic acids is 4. The van der Waals surface area contributed by atoms with E-state index in [4.69, 9.17) is 9.47 Å². The van der Waals surface area contributed by atoms with Crippen LogP contribution in [0, 0.1) is 56.7 Å². The first-order chi connectivity index (χ1) is 22.0. The van der Waals surface area contributed by atoms with Gasteiger partial charge in [0, 0.05) is 31.7 Å². The van der Waals surface area contributed by atoms with Gasteiger partial charge in [0.1, 0.15) is 18.0 Å². The Kier molecular flexibility index (Phi) is 8.52. The smallest absolute Gasteiger partial charge is 0.303 e. The van der Waals surface area contributed by atoms with Gasteiger partial charge in [-0.05, 0) is 110 Å². The molecule has 5 aliphatic rings. The van der Waals surface area contributed by atoms with E-state index >= 15 is 0 Å². The Morgan fingerprint density at radius 3 is 2.09 bits per heavy atom. The normalized spacial score (nSPS) is 43.3. The molecule has 7 heteroatoms. The molecule has 5 fully saturated rings. The van der Waals surface area contributed by atoms with Gasteiger partial charge in [0.05, 0.1) is 5.41 Å². The molecule has 5 saturated carbocycles. The molecule has 0 heterocycles. The van der Waals surface area contributed by atoms with E-state index < -0.39 is 17.6 Å². The molecule has 0 aromatic heterocycles. The minimum absolute atomic E-state index is 0.0110. The summed E-state index contributed by atoms with van der Waals surface area (Å²) in [6.45, 7) is 17.0. The molecule has 7 nitrogen and oxygen atoms in total. The van der Waals surface area contributed by atoms with E-state index in [1.54, 1.807) is 6.92 Å². The van der Waals surface area contributed by atoms with Gasteiger partial charge >= 0.3 is 11.9 Å². The van der Waals surface area contributed by atoms with E-state index in [1.165, 1.54) is 13.8 Å². The maximum Gasteiger partial charge on any atom is 0.303 e. The average molecular weight is 648 g/mol. The van der Waals surface area contributed by atoms with Crippen LogP contribution in [-0.4, -0.2) is 35.8 Å². The number of rotatable bonds is 6. The number of carbonyl (C=O) groups is 4. The Balaban J connectivity index is 1.34. The third-order valence-corrected chi connectivity index (χ3v) is 15.2. The summed E-state index contributed by atoms with van der Waals surface area (Å²) in [5, 5.41) is 3.33. The van der Waals surface area contributed by atoms with Crippen LogP contribution in [0.25, 0.3) is 0 Å². The molecule has 258 valence electrons. The van der Waals surface area contributed by atoms with Gasteiger partial charge in [-0.1, -0.05) is 65.0 Å². The van der Waals surface area contributed by atoms with Crippen LogP contribution in [-0.2, 0) is 35.2 Å². The van der Waals surface area contributed by atoms with Crippen molar-refractivity contribution in [2.75, 3.05) is 0 Å². The average Bonchev–Trinajstić information content (AvgIpc) is 3.40. The standard InChI is InChI=1S/C40H57NO6/c1-24(42)28-16-19-40(35(45)41-23-27-12-10-9-11-13-27)21-20-38(7)29(33(28)40)14-15-32-37(6)22-30(46-25(2)43)34(47-26(3)44)36(4,5)31(37)17-18-39(32,38)8/h9-13,28-34H,14-23H2,1-8H3,(H,41,45)/t28-,29+,30-,31-,32+,33+,34-,37-,38+,39+,40-/m0/s1. The van der Waals surface area contributed by atoms with E-state index in [9.17, 15) is 19.2 Å². The van der Waals surface area contributed by atoms with Crippen molar-refractivity contribution in [3.8, 4) is 0 Å². The molecular weight excluding hydrogens is 590 g/mol. The van der Waals surface area contributed by atoms with Crippen molar-refractivity contribution in [3.63, 3.8) is 0 Å². The van der Waals surface area contributed by atoms with Crippen molar-refractivity contribution < 1.29 is 28.7 Å². The van der Waals surface area contributed by atoms with Crippen molar-refractivity contribution in [1.29, 1.82) is 0 Å². The van der Waals surface area contributed by atoms with Crippen LogP contribution in [0.1, 0.15) is 119 Å². The number of Topliss-reactive ketones (excluding diaryl/α,β-unsaturated/α-hetero) is 1. The number of nitrogens with one attached hydrogen (secondary N) is 1. The third-order valence-electron chi connectivity index (χ3n) is 15.2. The summed E-state index contributed by atoms with van der Waals surface area (Å²) in [5.74, 6) is 0.603. The first-order valence-electron chi connectivity index (χ1n) is 18.2. The number of benzene rings is 1. The number of fused-ring (bicyclic) bond motifs is 7. The molecule has 47 heavy (non-hydrogen) atoms. The fraction of sp³-hybridized carbons (Fsp3) is 0.750. The molecule has 1 amide bonds. The van der Waals surface area contributed by atoms with Crippen LogP contribution >= 0.6 is 0 Å². The number of hydrogen-bond acceptors (Lipinski definition) is 6. The molecule has 11 atom stereocenters. The lowest BCUT2D eigenvalue weighted by molar-refractivity contribution is -0.267. The van der Waals surface area contributed by atoms with Gasteiger partial charge in [0.15, 0.2) is 0 Å². The predicted octanol–water partition coefficient (Wildman–Crippen LogP) is 7.45. The first-order valence-corrected chi connectivity index (χ1v) is 18.2. The quantitative estimate of drug-likeness (QED) is 0.322. The van der Waals surface area contributed by atoms with Crippen molar-refractivity contribution in [2.24, 2.45) is 56.7 Å². The summed E-state index contributed by atoms with van der Waals surface area (Å²) in [5.41, 5.74) is 0.0310. The van der Waals surface area contributed by atoms with Crippen molar-refractivity contribution in [1.82, 2.24) is 5.32 Å². The number of esters is 2. The van der Waals surface area contributed by atoms with Crippen molar-refractivity contribution in [3.05, 3.63) is 35.9 Å². The van der Waals surface area contributed by atoms with Crippen LogP contribution in [0.2, 0.25) is 0 Å². The summed E-state index contributed by atoms with van der Waals surface area (Å²) in [6.07, 6.45) is 7.13. The Labute approximate surface area is 281 Å². The summed E-state index contributed by atoms with van der Waals surface area (Å²) >= 11 is 0. The van der Waals surface area contributed by atoms with Crippen molar-refractivity contribution in [2.45, 2.75) is 132 Å². The largest absolute Gasteiger partial charge is 0.459 e. The molecule has 0 saturated heterocycles. The second-order valence-corrected chi connectivity index (χ2v) is 17.5. The van der Waals surface area contributed by atoms with Crippen LogP contribution in [0.5, 0.6) is 0 Å². The highest BCUT2D eigenvalue weighted by Crippen LogP contribution is 2.77. The van der Waals surface area contributed by atoms with Crippen LogP contribution in [0.3, 0.4) is 0 Å². The SMILES string of the molecule is CC(=O)O[C@H]1C[C@]2(C)[C@H]3CC[C@@H]4[C@H]5[C@H](C(C)=O)CC[C@]5(C(=O)NCc5ccccc5)CC[C@@]4(C)[C@]3(C)CC[C@H]2C(C)(C)[C@H]1OC(C)=O. The van der Waals surface area contributed by atoms with Crippen LogP contribution < -0.4 is 5.32 Å². The van der Waals surface area contributed by atoms with Crippen molar-refractivity contribution >= 4 is 23.6 Å². The molecule has 0 aliphatic heterocycles. The molecule has 0 radical (unpaired) electrons. The highest BCUT2D eigenvalue weighted by Gasteiger charge is 2.73. The number of hydrogen-bond donors (Lipinski definition) is 1. The van der Waals surface area contributed by atoms with E-state index in [0.29, 0.717) is 24.8 Å². The maximum atomic E-state index is 14.3. The molecule has 1 N–H and O–H groups in total. The highest BCUT2D eigenvalue weighted by atomic mass is 16.6. The van der Waals surface area contributed by atoms with E-state index in [2.05, 4.69) is 39.9 Å². The second-order valence-electron chi connectivity index (χ2n) is 17.5. The summed E-state index contributed by atoms with van der Waals surface area (Å²) in [4.78, 5) is 52.3. The molecule has 6 rings (SSSR count). The van der Waals surface area contributed by atoms with E-state index in [1.807, 2.05) is 30.3 Å². The summed E-state index contributed by atoms with van der Waals surface area (Å²) in [6, 6.07) is 10.1. The maximum absolute atomic E-state index is 14.3. The Morgan fingerprint density at radius 1 is 0.766 bits per heavy atom. The fourth-order valence-electron chi connectivity index (χ4n) is 13.2. The van der Waals surface area contributed by atoms with Gasteiger partial charge in [-0.15, -0.1) is 0 Å².